The Balaban J connectivity index is 2.60. The Kier molecular flexibility index (Phi) is 2.74. The smallest absolute Gasteiger partial charge is 0.226 e. The highest BCUT2D eigenvalue weighted by molar-refractivity contribution is 4.86. The molecule has 0 spiro atoms. The minimum Gasteiger partial charge on any atom is -0.339 e. The van der Waals surface area contributed by atoms with Crippen molar-refractivity contribution in [3.05, 3.63) is 11.7 Å². The summed E-state index contributed by atoms with van der Waals surface area (Å²) in [6.07, 6.45) is 0.865. The highest BCUT2D eigenvalue weighted by Crippen LogP contribution is 2.27. The second kappa shape index (κ2) is 3.48. The van der Waals surface area contributed by atoms with Crippen molar-refractivity contribution in [2.24, 2.45) is 11.3 Å². The van der Waals surface area contributed by atoms with Crippen LogP contribution in [-0.2, 0) is 6.42 Å². The number of hydrogen-bond donors (Lipinski definition) is 0. The van der Waals surface area contributed by atoms with Crippen molar-refractivity contribution in [1.82, 2.24) is 10.1 Å². The van der Waals surface area contributed by atoms with Gasteiger partial charge < -0.3 is 4.52 Å². The van der Waals surface area contributed by atoms with Gasteiger partial charge in [-0.1, -0.05) is 32.9 Å². The molecule has 3 heteroatoms. The van der Waals surface area contributed by atoms with E-state index in [1.54, 1.807) is 0 Å². The summed E-state index contributed by atoms with van der Waals surface area (Å²) in [6, 6.07) is 0. The van der Waals surface area contributed by atoms with Crippen LogP contribution in [0.25, 0.3) is 0 Å². The standard InChI is InChI=1S/C10H18N2O/c1-7(10(3,4)5)6-9-11-8(2)12-13-9/h7H,6H2,1-5H3/t7-/m0/s1. The molecule has 0 fully saturated rings. The van der Waals surface area contributed by atoms with E-state index >= 15 is 0 Å². The molecule has 0 aliphatic rings. The van der Waals surface area contributed by atoms with Crippen molar-refractivity contribution < 1.29 is 4.52 Å². The Hall–Kier alpha value is -0.860. The molecular formula is C10H18N2O. The normalized spacial score (nSPS) is 14.5. The molecule has 1 aromatic rings. The molecule has 74 valence electrons. The van der Waals surface area contributed by atoms with Crippen LogP contribution >= 0.6 is 0 Å². The lowest BCUT2D eigenvalue weighted by molar-refractivity contribution is 0.236. The molecule has 0 amide bonds. The van der Waals surface area contributed by atoms with Crippen molar-refractivity contribution in [3.63, 3.8) is 0 Å². The van der Waals surface area contributed by atoms with E-state index in [4.69, 9.17) is 4.52 Å². The van der Waals surface area contributed by atoms with Crippen LogP contribution in [0.2, 0.25) is 0 Å². The van der Waals surface area contributed by atoms with Gasteiger partial charge in [0.1, 0.15) is 0 Å². The number of nitrogens with zero attached hydrogens (tertiary/aromatic N) is 2. The lowest BCUT2D eigenvalue weighted by Gasteiger charge is -2.25. The molecule has 0 bridgehead atoms. The first-order chi connectivity index (χ1) is 5.89. The molecule has 1 rings (SSSR count). The van der Waals surface area contributed by atoms with Crippen molar-refractivity contribution in [3.8, 4) is 0 Å². The third-order valence-corrected chi connectivity index (χ3v) is 2.53. The van der Waals surface area contributed by atoms with Crippen molar-refractivity contribution in [2.75, 3.05) is 0 Å². The molecule has 1 heterocycles. The summed E-state index contributed by atoms with van der Waals surface area (Å²) in [7, 11) is 0. The van der Waals surface area contributed by atoms with Crippen LogP contribution in [-0.4, -0.2) is 10.1 Å². The van der Waals surface area contributed by atoms with E-state index in [9.17, 15) is 0 Å². The molecule has 0 saturated heterocycles. The first-order valence-electron chi connectivity index (χ1n) is 4.69. The maximum Gasteiger partial charge on any atom is 0.226 e. The van der Waals surface area contributed by atoms with Gasteiger partial charge in [0.2, 0.25) is 5.89 Å². The molecule has 13 heavy (non-hydrogen) atoms. The van der Waals surface area contributed by atoms with Gasteiger partial charge in [-0.2, -0.15) is 4.98 Å². The molecule has 0 aromatic carbocycles. The predicted molar refractivity (Wildman–Crippen MR) is 51.4 cm³/mol. The van der Waals surface area contributed by atoms with Crippen LogP contribution in [0.1, 0.15) is 39.4 Å². The quantitative estimate of drug-likeness (QED) is 0.705. The van der Waals surface area contributed by atoms with E-state index in [1.807, 2.05) is 6.92 Å². The minimum atomic E-state index is 0.294. The lowest BCUT2D eigenvalue weighted by atomic mass is 9.80. The van der Waals surface area contributed by atoms with Gasteiger partial charge in [-0.15, -0.1) is 0 Å². The second-order valence-corrected chi connectivity index (χ2v) is 4.71. The van der Waals surface area contributed by atoms with E-state index in [1.165, 1.54) is 0 Å². The van der Waals surface area contributed by atoms with E-state index < -0.39 is 0 Å². The summed E-state index contributed by atoms with van der Waals surface area (Å²) in [4.78, 5) is 4.19. The molecule has 1 atom stereocenters. The molecule has 0 radical (unpaired) electrons. The van der Waals surface area contributed by atoms with Crippen molar-refractivity contribution >= 4 is 0 Å². The van der Waals surface area contributed by atoms with Gasteiger partial charge in [0.05, 0.1) is 0 Å². The molecule has 0 saturated carbocycles. The van der Waals surface area contributed by atoms with Crippen molar-refractivity contribution in [2.45, 2.75) is 41.0 Å². The average molecular weight is 182 g/mol. The van der Waals surface area contributed by atoms with E-state index in [0.29, 0.717) is 11.3 Å². The zero-order chi connectivity index (χ0) is 10.1. The summed E-state index contributed by atoms with van der Waals surface area (Å²) in [6.45, 7) is 10.7. The van der Waals surface area contributed by atoms with Crippen LogP contribution in [0.3, 0.4) is 0 Å². The van der Waals surface area contributed by atoms with E-state index in [2.05, 4.69) is 37.8 Å². The Morgan fingerprint density at radius 2 is 2.00 bits per heavy atom. The highest BCUT2D eigenvalue weighted by atomic mass is 16.5. The maximum atomic E-state index is 5.07. The van der Waals surface area contributed by atoms with Gasteiger partial charge in [-0.3, -0.25) is 0 Å². The van der Waals surface area contributed by atoms with E-state index in [-0.39, 0.29) is 0 Å². The second-order valence-electron chi connectivity index (χ2n) is 4.71. The number of hydrogen-bond acceptors (Lipinski definition) is 3. The average Bonchev–Trinajstić information content (AvgIpc) is 2.33. The zero-order valence-corrected chi connectivity index (χ0v) is 9.09. The van der Waals surface area contributed by atoms with Crippen LogP contribution in [0.5, 0.6) is 0 Å². The topological polar surface area (TPSA) is 38.9 Å². The molecule has 0 aliphatic carbocycles. The molecule has 0 N–H and O–H groups in total. The molecule has 3 nitrogen and oxygen atoms in total. The summed E-state index contributed by atoms with van der Waals surface area (Å²) in [5.74, 6) is 2.02. The zero-order valence-electron chi connectivity index (χ0n) is 9.09. The van der Waals surface area contributed by atoms with Gasteiger partial charge in [0, 0.05) is 6.42 Å². The fourth-order valence-corrected chi connectivity index (χ4v) is 0.991. The van der Waals surface area contributed by atoms with Crippen LogP contribution in [0.4, 0.5) is 0 Å². The molecule has 0 aliphatic heterocycles. The summed E-state index contributed by atoms with van der Waals surface area (Å²) in [5.41, 5.74) is 0.294. The van der Waals surface area contributed by atoms with Gasteiger partial charge in [-0.05, 0) is 18.3 Å². The number of aryl methyl sites for hydroxylation is 1. The van der Waals surface area contributed by atoms with Gasteiger partial charge in [0.15, 0.2) is 5.82 Å². The van der Waals surface area contributed by atoms with Gasteiger partial charge in [0.25, 0.3) is 0 Å². The van der Waals surface area contributed by atoms with Crippen LogP contribution < -0.4 is 0 Å². The van der Waals surface area contributed by atoms with Crippen LogP contribution in [0, 0.1) is 18.3 Å². The van der Waals surface area contributed by atoms with E-state index in [0.717, 1.165) is 18.1 Å². The monoisotopic (exact) mass is 182 g/mol. The fraction of sp³-hybridized carbons (Fsp3) is 0.800. The van der Waals surface area contributed by atoms with Crippen molar-refractivity contribution in [1.29, 1.82) is 0 Å². The minimum absolute atomic E-state index is 0.294. The Labute approximate surface area is 79.5 Å². The number of aromatic nitrogens is 2. The molecular weight excluding hydrogens is 164 g/mol. The number of rotatable bonds is 2. The third kappa shape index (κ3) is 2.83. The van der Waals surface area contributed by atoms with Gasteiger partial charge in [-0.25, -0.2) is 0 Å². The van der Waals surface area contributed by atoms with Gasteiger partial charge >= 0.3 is 0 Å². The lowest BCUT2D eigenvalue weighted by Crippen LogP contribution is -2.19. The summed E-state index contributed by atoms with van der Waals surface area (Å²) < 4.78 is 5.07. The Morgan fingerprint density at radius 3 is 2.38 bits per heavy atom. The Morgan fingerprint density at radius 1 is 1.38 bits per heavy atom. The maximum absolute atomic E-state index is 5.07. The Bertz CT molecular complexity index is 273. The molecule has 1 aromatic heterocycles. The predicted octanol–water partition coefficient (Wildman–Crippen LogP) is 2.60. The fourth-order valence-electron chi connectivity index (χ4n) is 0.991. The van der Waals surface area contributed by atoms with Crippen LogP contribution in [0.15, 0.2) is 4.52 Å². The summed E-state index contributed by atoms with van der Waals surface area (Å²) >= 11 is 0. The third-order valence-electron chi connectivity index (χ3n) is 2.53. The first kappa shape index (κ1) is 10.2. The largest absolute Gasteiger partial charge is 0.339 e. The SMILES string of the molecule is Cc1noc(C[C@H](C)C(C)(C)C)n1. The first-order valence-corrected chi connectivity index (χ1v) is 4.69. The summed E-state index contributed by atoms with van der Waals surface area (Å²) in [5, 5.41) is 3.77. The highest BCUT2D eigenvalue weighted by Gasteiger charge is 2.22. The molecule has 0 unspecified atom stereocenters.